The molecule has 4 heterocycles. The van der Waals surface area contributed by atoms with Crippen molar-refractivity contribution >= 4 is 38.8 Å². The summed E-state index contributed by atoms with van der Waals surface area (Å²) in [6.07, 6.45) is 7.77. The topological polar surface area (TPSA) is 112 Å². The van der Waals surface area contributed by atoms with Crippen LogP contribution < -0.4 is 11.5 Å². The highest BCUT2D eigenvalue weighted by Crippen LogP contribution is 2.39. The minimum absolute atomic E-state index is 0.103. The molecular formula is C30H24N6OS. The Bertz CT molecular complexity index is 1800. The summed E-state index contributed by atoms with van der Waals surface area (Å²) in [7, 11) is 0. The molecule has 0 radical (unpaired) electrons. The lowest BCUT2D eigenvalue weighted by Gasteiger charge is -2.03. The van der Waals surface area contributed by atoms with Crippen LogP contribution in [0.4, 0.5) is 5.82 Å². The van der Waals surface area contributed by atoms with Gasteiger partial charge in [-0.3, -0.25) is 9.78 Å². The molecule has 1 amide bonds. The van der Waals surface area contributed by atoms with Crippen LogP contribution in [-0.2, 0) is 6.42 Å². The van der Waals surface area contributed by atoms with E-state index >= 15 is 0 Å². The number of thiophene rings is 1. The maximum Gasteiger partial charge on any atom is 0.256 e. The Morgan fingerprint density at radius 3 is 2.47 bits per heavy atom. The van der Waals surface area contributed by atoms with E-state index in [1.807, 2.05) is 23.5 Å². The van der Waals surface area contributed by atoms with Gasteiger partial charge < -0.3 is 11.5 Å². The molecule has 186 valence electrons. The van der Waals surface area contributed by atoms with Gasteiger partial charge in [0, 0.05) is 56.4 Å². The summed E-state index contributed by atoms with van der Waals surface area (Å²) in [6, 6.07) is 22.7. The molecule has 0 spiro atoms. The third kappa shape index (κ3) is 5.09. The van der Waals surface area contributed by atoms with E-state index in [1.165, 1.54) is 30.6 Å². The van der Waals surface area contributed by atoms with Gasteiger partial charge in [0.15, 0.2) is 11.5 Å². The average molecular weight is 517 g/mol. The minimum atomic E-state index is -0.619. The van der Waals surface area contributed by atoms with Crippen molar-refractivity contribution in [2.45, 2.75) is 13.3 Å². The second-order valence-electron chi connectivity index (χ2n) is 8.33. The smallest absolute Gasteiger partial charge is 0.256 e. The molecule has 8 heteroatoms. The van der Waals surface area contributed by atoms with Crippen molar-refractivity contribution in [3.8, 4) is 23.0 Å². The van der Waals surface area contributed by atoms with Crippen LogP contribution in [0.25, 0.3) is 26.9 Å². The number of primary amides is 1. The van der Waals surface area contributed by atoms with Crippen molar-refractivity contribution in [2.75, 3.05) is 5.73 Å². The second-order valence-corrected chi connectivity index (χ2v) is 9.47. The monoisotopic (exact) mass is 516 g/mol. The lowest BCUT2D eigenvalue weighted by Crippen LogP contribution is -2.12. The van der Waals surface area contributed by atoms with Crippen LogP contribution >= 0.6 is 11.3 Å². The van der Waals surface area contributed by atoms with Gasteiger partial charge in [-0.25, -0.2) is 9.50 Å². The van der Waals surface area contributed by atoms with Gasteiger partial charge >= 0.3 is 0 Å². The third-order valence-electron chi connectivity index (χ3n) is 5.84. The van der Waals surface area contributed by atoms with E-state index in [9.17, 15) is 4.79 Å². The molecule has 0 aliphatic carbocycles. The molecule has 0 saturated heterocycles. The summed E-state index contributed by atoms with van der Waals surface area (Å²) < 4.78 is 2.74. The normalized spacial score (nSPS) is 10.4. The number of anilines is 1. The van der Waals surface area contributed by atoms with Crippen molar-refractivity contribution in [1.82, 2.24) is 19.6 Å². The van der Waals surface area contributed by atoms with Gasteiger partial charge in [-0.05, 0) is 48.4 Å². The van der Waals surface area contributed by atoms with Gasteiger partial charge in [-0.2, -0.15) is 0 Å². The number of carbonyl (C=O) groups is 1. The number of hydrogen-bond acceptors (Lipinski definition) is 6. The summed E-state index contributed by atoms with van der Waals surface area (Å²) in [6.45, 7) is 2.22. The van der Waals surface area contributed by atoms with Crippen molar-refractivity contribution in [3.05, 3.63) is 113 Å². The van der Waals surface area contributed by atoms with Crippen LogP contribution in [0.5, 0.6) is 0 Å². The Kier molecular flexibility index (Phi) is 7.11. The molecule has 4 aromatic heterocycles. The van der Waals surface area contributed by atoms with Crippen LogP contribution in [0.15, 0.2) is 91.5 Å². The highest BCUT2D eigenvalue weighted by atomic mass is 32.1. The summed E-state index contributed by atoms with van der Waals surface area (Å²) in [4.78, 5) is 20.4. The molecule has 6 aromatic rings. The van der Waals surface area contributed by atoms with Crippen LogP contribution in [0.3, 0.4) is 0 Å². The first kappa shape index (κ1) is 24.7. The molecule has 38 heavy (non-hydrogen) atoms. The van der Waals surface area contributed by atoms with E-state index in [0.717, 1.165) is 17.5 Å². The van der Waals surface area contributed by atoms with Gasteiger partial charge in [-0.15, -0.1) is 16.4 Å². The number of fused-ring (bicyclic) bond motifs is 2. The molecule has 0 bridgehead atoms. The first-order valence-corrected chi connectivity index (χ1v) is 12.8. The largest absolute Gasteiger partial charge is 0.381 e. The van der Waals surface area contributed by atoms with E-state index in [2.05, 4.69) is 82.4 Å². The standard InChI is InChI=1S/C23H17NS.C7H7N5O/c1-2-21-23(19-6-4-3-5-7-19)20-16-18(10-11-22(20)25-21)9-8-17-12-14-24-15-13-17;8-5-4(6(9)13)7-10-2-1-3-12(7)11-5/h3-7,10-16H,2H2,1H3;1-3H,(H2,8,11)(H2,9,13). The van der Waals surface area contributed by atoms with Gasteiger partial charge in [0.1, 0.15) is 5.56 Å². The quantitative estimate of drug-likeness (QED) is 0.309. The molecule has 6 rings (SSSR count). The van der Waals surface area contributed by atoms with E-state index < -0.39 is 5.91 Å². The van der Waals surface area contributed by atoms with Crippen molar-refractivity contribution < 1.29 is 4.79 Å². The maximum atomic E-state index is 10.9. The number of pyridine rings is 1. The zero-order valence-electron chi connectivity index (χ0n) is 20.6. The van der Waals surface area contributed by atoms with E-state index in [-0.39, 0.29) is 11.4 Å². The molecular weight excluding hydrogens is 492 g/mol. The minimum Gasteiger partial charge on any atom is -0.381 e. The summed E-state index contributed by atoms with van der Waals surface area (Å²) >= 11 is 1.89. The highest BCUT2D eigenvalue weighted by molar-refractivity contribution is 7.19. The number of nitrogen functional groups attached to an aromatic ring is 1. The fourth-order valence-electron chi connectivity index (χ4n) is 4.12. The Morgan fingerprint density at radius 2 is 1.74 bits per heavy atom. The number of rotatable bonds is 3. The first-order valence-electron chi connectivity index (χ1n) is 12.0. The predicted octanol–water partition coefficient (Wildman–Crippen LogP) is 5.34. The molecule has 7 nitrogen and oxygen atoms in total. The van der Waals surface area contributed by atoms with Gasteiger partial charge in [0.2, 0.25) is 0 Å². The number of aromatic nitrogens is 4. The molecule has 2 aromatic carbocycles. The number of nitrogens with two attached hydrogens (primary N) is 2. The predicted molar refractivity (Wildman–Crippen MR) is 153 cm³/mol. The zero-order valence-corrected chi connectivity index (χ0v) is 21.4. The van der Waals surface area contributed by atoms with Gasteiger partial charge in [0.25, 0.3) is 5.91 Å². The molecule has 0 aliphatic heterocycles. The van der Waals surface area contributed by atoms with Crippen LogP contribution in [-0.4, -0.2) is 25.5 Å². The second kappa shape index (κ2) is 10.9. The summed E-state index contributed by atoms with van der Waals surface area (Å²) in [5.74, 6) is 5.99. The maximum absolute atomic E-state index is 10.9. The van der Waals surface area contributed by atoms with E-state index in [4.69, 9.17) is 11.5 Å². The Morgan fingerprint density at radius 1 is 0.974 bits per heavy atom. The number of carbonyl (C=O) groups excluding carboxylic acids is 1. The van der Waals surface area contributed by atoms with Crippen molar-refractivity contribution in [1.29, 1.82) is 0 Å². The fourth-order valence-corrected chi connectivity index (χ4v) is 5.26. The van der Waals surface area contributed by atoms with Crippen LogP contribution in [0.1, 0.15) is 33.3 Å². The van der Waals surface area contributed by atoms with Crippen LogP contribution in [0, 0.1) is 11.8 Å². The zero-order chi connectivity index (χ0) is 26.5. The van der Waals surface area contributed by atoms with Gasteiger partial charge in [-0.1, -0.05) is 49.1 Å². The number of hydrogen-bond donors (Lipinski definition) is 2. The van der Waals surface area contributed by atoms with Crippen molar-refractivity contribution in [2.24, 2.45) is 5.73 Å². The summed E-state index contributed by atoms with van der Waals surface area (Å²) in [5.41, 5.74) is 15.8. The Labute approximate surface area is 223 Å². The molecule has 0 saturated carbocycles. The third-order valence-corrected chi connectivity index (χ3v) is 7.16. The molecule has 4 N–H and O–H groups in total. The molecule has 0 atom stereocenters. The van der Waals surface area contributed by atoms with Gasteiger partial charge in [0.05, 0.1) is 0 Å². The first-order chi connectivity index (χ1) is 18.5. The van der Waals surface area contributed by atoms with E-state index in [1.54, 1.807) is 30.9 Å². The number of amides is 1. The van der Waals surface area contributed by atoms with Crippen LogP contribution in [0.2, 0.25) is 0 Å². The highest BCUT2D eigenvalue weighted by Gasteiger charge is 2.15. The van der Waals surface area contributed by atoms with Crippen molar-refractivity contribution in [3.63, 3.8) is 0 Å². The molecule has 0 unspecified atom stereocenters. The number of aryl methyl sites for hydroxylation is 1. The number of benzene rings is 2. The SMILES string of the molecule is CCc1sc2ccc(C#Cc3ccncc3)cc2c1-c1ccccc1.NC(=O)c1c(N)nn2cccnc12. The fraction of sp³-hybridized carbons (Fsp3) is 0.0667. The average Bonchev–Trinajstić information content (AvgIpc) is 3.49. The number of nitrogens with zero attached hydrogens (tertiary/aromatic N) is 4. The lowest BCUT2D eigenvalue weighted by molar-refractivity contribution is 0.100. The van der Waals surface area contributed by atoms with E-state index in [0.29, 0.717) is 5.65 Å². The summed E-state index contributed by atoms with van der Waals surface area (Å²) in [5, 5.41) is 5.17. The Hall–Kier alpha value is -5.00. The molecule has 0 fully saturated rings. The Balaban J connectivity index is 0.000000190. The lowest BCUT2D eigenvalue weighted by atomic mass is 10.00. The molecule has 0 aliphatic rings.